The molecule has 1 heterocycles. The van der Waals surface area contributed by atoms with Crippen LogP contribution in [0.5, 0.6) is 0 Å². The molecule has 6 nitrogen and oxygen atoms in total. The average Bonchev–Trinajstić information content (AvgIpc) is 3.10. The Labute approximate surface area is 97.7 Å². The molecule has 0 radical (unpaired) electrons. The van der Waals surface area contributed by atoms with Crippen LogP contribution in [0, 0.1) is 0 Å². The Morgan fingerprint density at radius 1 is 0.875 bits per heavy atom. The SMILES string of the molecule is NCCNCCNCCNCCNC1CO1. The predicted molar refractivity (Wildman–Crippen MR) is 65.4 cm³/mol. The van der Waals surface area contributed by atoms with Crippen LogP contribution in [-0.4, -0.2) is 65.2 Å². The minimum atomic E-state index is 0.327. The Hall–Kier alpha value is -0.240. The van der Waals surface area contributed by atoms with E-state index >= 15 is 0 Å². The molecule has 0 amide bonds. The van der Waals surface area contributed by atoms with Crippen LogP contribution in [0.25, 0.3) is 0 Å². The standard InChI is InChI=1S/C10H25N5O/c11-1-2-12-3-4-13-5-6-14-7-8-15-10-9-16-10/h10,12-15H,1-9,11H2. The second-order valence-electron chi connectivity index (χ2n) is 3.81. The summed E-state index contributed by atoms with van der Waals surface area (Å²) >= 11 is 0. The predicted octanol–water partition coefficient (Wildman–Crippen LogP) is -2.34. The third kappa shape index (κ3) is 9.02. The Bertz CT molecular complexity index is 154. The maximum absolute atomic E-state index is 5.36. The van der Waals surface area contributed by atoms with Gasteiger partial charge in [-0.2, -0.15) is 0 Å². The van der Waals surface area contributed by atoms with E-state index in [-0.39, 0.29) is 0 Å². The van der Waals surface area contributed by atoms with Crippen molar-refractivity contribution in [3.8, 4) is 0 Å². The molecule has 0 spiro atoms. The van der Waals surface area contributed by atoms with E-state index in [0.29, 0.717) is 12.8 Å². The highest BCUT2D eigenvalue weighted by Crippen LogP contribution is 2.01. The highest BCUT2D eigenvalue weighted by atomic mass is 16.6. The molecule has 1 rings (SSSR count). The smallest absolute Gasteiger partial charge is 0.132 e. The van der Waals surface area contributed by atoms with Gasteiger partial charge in [-0.15, -0.1) is 0 Å². The molecule has 6 heteroatoms. The fourth-order valence-electron chi connectivity index (χ4n) is 1.32. The number of nitrogens with two attached hydrogens (primary N) is 1. The molecule has 0 bridgehead atoms. The fourth-order valence-corrected chi connectivity index (χ4v) is 1.32. The van der Waals surface area contributed by atoms with E-state index in [1.165, 1.54) is 0 Å². The molecule has 0 aromatic carbocycles. The van der Waals surface area contributed by atoms with Crippen molar-refractivity contribution >= 4 is 0 Å². The lowest BCUT2D eigenvalue weighted by atomic mass is 10.5. The molecule has 1 aliphatic rings. The summed E-state index contributed by atoms with van der Waals surface area (Å²) in [4.78, 5) is 0. The third-order valence-corrected chi connectivity index (χ3v) is 2.29. The van der Waals surface area contributed by atoms with Gasteiger partial charge < -0.3 is 26.4 Å². The molecule has 0 saturated carbocycles. The van der Waals surface area contributed by atoms with Crippen LogP contribution in [0.2, 0.25) is 0 Å². The highest BCUT2D eigenvalue weighted by molar-refractivity contribution is 4.66. The topological polar surface area (TPSA) is 86.7 Å². The minimum Gasteiger partial charge on any atom is -0.357 e. The van der Waals surface area contributed by atoms with Crippen LogP contribution in [0.1, 0.15) is 0 Å². The average molecular weight is 231 g/mol. The minimum absolute atomic E-state index is 0.327. The molecule has 0 aromatic heterocycles. The van der Waals surface area contributed by atoms with Crippen molar-refractivity contribution in [1.82, 2.24) is 21.3 Å². The van der Waals surface area contributed by atoms with Crippen LogP contribution < -0.4 is 27.0 Å². The maximum atomic E-state index is 5.36. The van der Waals surface area contributed by atoms with Crippen molar-refractivity contribution in [3.05, 3.63) is 0 Å². The normalized spacial score (nSPS) is 18.9. The van der Waals surface area contributed by atoms with E-state index in [9.17, 15) is 0 Å². The monoisotopic (exact) mass is 231 g/mol. The van der Waals surface area contributed by atoms with Crippen LogP contribution in [0.4, 0.5) is 0 Å². The second kappa shape index (κ2) is 9.95. The molecule has 96 valence electrons. The van der Waals surface area contributed by atoms with E-state index in [4.69, 9.17) is 10.5 Å². The van der Waals surface area contributed by atoms with Gasteiger partial charge in [-0.25, -0.2) is 0 Å². The van der Waals surface area contributed by atoms with Gasteiger partial charge >= 0.3 is 0 Å². The summed E-state index contributed by atoms with van der Waals surface area (Å²) in [6.07, 6.45) is 0.327. The lowest BCUT2D eigenvalue weighted by molar-refractivity contribution is 0.368. The molecular formula is C10H25N5O. The van der Waals surface area contributed by atoms with Crippen LogP contribution in [0.15, 0.2) is 0 Å². The Kier molecular flexibility index (Phi) is 8.60. The zero-order chi connectivity index (χ0) is 11.5. The molecule has 16 heavy (non-hydrogen) atoms. The summed E-state index contributed by atoms with van der Waals surface area (Å²) in [6.45, 7) is 8.43. The van der Waals surface area contributed by atoms with E-state index in [1.54, 1.807) is 0 Å². The summed E-state index contributed by atoms with van der Waals surface area (Å²) in [6, 6.07) is 0. The van der Waals surface area contributed by atoms with Gasteiger partial charge in [0.15, 0.2) is 0 Å². The van der Waals surface area contributed by atoms with Crippen molar-refractivity contribution in [2.24, 2.45) is 5.73 Å². The van der Waals surface area contributed by atoms with Crippen molar-refractivity contribution in [1.29, 1.82) is 0 Å². The van der Waals surface area contributed by atoms with Gasteiger partial charge in [-0.05, 0) is 0 Å². The van der Waals surface area contributed by atoms with Crippen LogP contribution >= 0.6 is 0 Å². The molecule has 1 fully saturated rings. The summed E-state index contributed by atoms with van der Waals surface area (Å²) in [7, 11) is 0. The number of hydrogen-bond donors (Lipinski definition) is 5. The molecule has 0 aromatic rings. The van der Waals surface area contributed by atoms with Crippen LogP contribution in [-0.2, 0) is 4.74 Å². The summed E-state index contributed by atoms with van der Waals surface area (Å²) in [5.41, 5.74) is 5.36. The molecule has 1 saturated heterocycles. The number of epoxide rings is 1. The van der Waals surface area contributed by atoms with Gasteiger partial charge in [0.25, 0.3) is 0 Å². The molecule has 1 aliphatic heterocycles. The first-order valence-corrected chi connectivity index (χ1v) is 6.10. The van der Waals surface area contributed by atoms with Gasteiger partial charge in [0.05, 0.1) is 6.61 Å². The summed E-state index contributed by atoms with van der Waals surface area (Å²) in [5.74, 6) is 0. The highest BCUT2D eigenvalue weighted by Gasteiger charge is 2.20. The Balaban J connectivity index is 1.61. The largest absolute Gasteiger partial charge is 0.357 e. The Morgan fingerprint density at radius 3 is 1.88 bits per heavy atom. The second-order valence-corrected chi connectivity index (χ2v) is 3.81. The van der Waals surface area contributed by atoms with Crippen molar-refractivity contribution in [3.63, 3.8) is 0 Å². The number of hydrogen-bond acceptors (Lipinski definition) is 6. The molecule has 0 aliphatic carbocycles. The van der Waals surface area contributed by atoms with Gasteiger partial charge in [0.1, 0.15) is 6.23 Å². The first-order chi connectivity index (χ1) is 7.93. The molecular weight excluding hydrogens is 206 g/mol. The summed E-state index contributed by atoms with van der Waals surface area (Å²) in [5, 5.41) is 13.2. The third-order valence-electron chi connectivity index (χ3n) is 2.29. The summed E-state index contributed by atoms with van der Waals surface area (Å²) < 4.78 is 5.03. The van der Waals surface area contributed by atoms with Crippen molar-refractivity contribution in [2.75, 3.05) is 59.0 Å². The van der Waals surface area contributed by atoms with E-state index in [2.05, 4.69) is 21.3 Å². The lowest BCUT2D eigenvalue weighted by Crippen LogP contribution is -2.36. The van der Waals surface area contributed by atoms with Crippen molar-refractivity contribution in [2.45, 2.75) is 6.23 Å². The zero-order valence-corrected chi connectivity index (χ0v) is 9.93. The first-order valence-electron chi connectivity index (χ1n) is 6.10. The van der Waals surface area contributed by atoms with Gasteiger partial charge in [-0.3, -0.25) is 5.32 Å². The fraction of sp³-hybridized carbons (Fsp3) is 1.00. The molecule has 1 atom stereocenters. The first kappa shape index (κ1) is 13.8. The molecule has 6 N–H and O–H groups in total. The number of nitrogens with one attached hydrogen (secondary N) is 4. The van der Waals surface area contributed by atoms with Gasteiger partial charge in [0, 0.05) is 52.4 Å². The van der Waals surface area contributed by atoms with Crippen molar-refractivity contribution < 1.29 is 4.74 Å². The molecule has 1 unspecified atom stereocenters. The van der Waals surface area contributed by atoms with Gasteiger partial charge in [0.2, 0.25) is 0 Å². The number of rotatable bonds is 12. The van der Waals surface area contributed by atoms with E-state index in [1.807, 2.05) is 0 Å². The quantitative estimate of drug-likeness (QED) is 0.191. The maximum Gasteiger partial charge on any atom is 0.132 e. The zero-order valence-electron chi connectivity index (χ0n) is 9.93. The number of ether oxygens (including phenoxy) is 1. The van der Waals surface area contributed by atoms with Gasteiger partial charge in [-0.1, -0.05) is 0 Å². The lowest BCUT2D eigenvalue weighted by Gasteiger charge is -2.07. The van der Waals surface area contributed by atoms with E-state index in [0.717, 1.165) is 52.4 Å². The van der Waals surface area contributed by atoms with E-state index < -0.39 is 0 Å². The van der Waals surface area contributed by atoms with Crippen LogP contribution in [0.3, 0.4) is 0 Å². The Morgan fingerprint density at radius 2 is 1.38 bits per heavy atom.